The lowest BCUT2D eigenvalue weighted by molar-refractivity contribution is -0.116. The van der Waals surface area contributed by atoms with Crippen LogP contribution in [0.5, 0.6) is 0 Å². The Hall–Kier alpha value is -2.99. The van der Waals surface area contributed by atoms with Crippen molar-refractivity contribution in [1.29, 1.82) is 0 Å². The number of aliphatic hydroxyl groups is 1. The predicted octanol–water partition coefficient (Wildman–Crippen LogP) is 4.65. The van der Waals surface area contributed by atoms with E-state index in [0.717, 1.165) is 41.9 Å². The van der Waals surface area contributed by atoms with E-state index in [2.05, 4.69) is 22.4 Å². The molecule has 2 N–H and O–H groups in total. The molecule has 1 atom stereocenters. The van der Waals surface area contributed by atoms with Gasteiger partial charge in [-0.05, 0) is 48.9 Å². The average molecular weight is 408 g/mol. The molecule has 1 amide bonds. The first-order valence-corrected chi connectivity index (χ1v) is 10.6. The van der Waals surface area contributed by atoms with Crippen LogP contribution in [0.3, 0.4) is 0 Å². The van der Waals surface area contributed by atoms with E-state index in [0.29, 0.717) is 31.6 Å². The van der Waals surface area contributed by atoms with Crippen molar-refractivity contribution in [3.8, 4) is 0 Å². The monoisotopic (exact) mass is 407 g/mol. The second-order valence-electron chi connectivity index (χ2n) is 7.42. The zero-order valence-electron chi connectivity index (χ0n) is 17.4. The van der Waals surface area contributed by atoms with Gasteiger partial charge in [0.2, 0.25) is 11.8 Å². The molecule has 0 aliphatic carbocycles. The number of rotatable bonds is 11. The molecule has 3 aromatic rings. The molecular weight excluding hydrogens is 378 g/mol. The van der Waals surface area contributed by atoms with E-state index in [1.807, 2.05) is 54.6 Å². The molecule has 0 spiro atoms. The molecule has 0 saturated carbocycles. The molecule has 0 radical (unpaired) electrons. The van der Waals surface area contributed by atoms with E-state index >= 15 is 0 Å². The molecule has 2 aromatic carbocycles. The Morgan fingerprint density at radius 3 is 2.57 bits per heavy atom. The van der Waals surface area contributed by atoms with Crippen molar-refractivity contribution in [2.24, 2.45) is 0 Å². The van der Waals surface area contributed by atoms with Crippen LogP contribution in [0.2, 0.25) is 0 Å². The number of nitrogens with one attached hydrogen (secondary N) is 1. The van der Waals surface area contributed by atoms with Crippen LogP contribution < -0.4 is 5.32 Å². The minimum absolute atomic E-state index is 0.0319. The van der Waals surface area contributed by atoms with Gasteiger partial charge in [-0.3, -0.25) is 4.79 Å². The molecule has 1 unspecified atom stereocenters. The summed E-state index contributed by atoms with van der Waals surface area (Å²) in [6, 6.07) is 17.5. The van der Waals surface area contributed by atoms with Crippen molar-refractivity contribution < 1.29 is 14.4 Å². The summed E-state index contributed by atoms with van der Waals surface area (Å²) >= 11 is 0. The van der Waals surface area contributed by atoms with Crippen LogP contribution in [0.4, 0.5) is 5.69 Å². The van der Waals surface area contributed by atoms with Gasteiger partial charge in [0.25, 0.3) is 0 Å². The Balaban J connectivity index is 1.38. The highest BCUT2D eigenvalue weighted by Crippen LogP contribution is 2.19. The number of aliphatic hydroxyl groups excluding tert-OH is 1. The molecule has 6 heteroatoms. The number of anilines is 1. The molecule has 1 heterocycles. The quantitative estimate of drug-likeness (QED) is 0.483. The van der Waals surface area contributed by atoms with Gasteiger partial charge in [-0.1, -0.05) is 54.5 Å². The number of carbonyl (C=O) groups is 1. The lowest BCUT2D eigenvalue weighted by Crippen LogP contribution is -2.11. The molecule has 0 saturated heterocycles. The van der Waals surface area contributed by atoms with E-state index < -0.39 is 6.10 Å². The second kappa shape index (κ2) is 11.3. The first-order chi connectivity index (χ1) is 14.6. The highest BCUT2D eigenvalue weighted by atomic mass is 16.5. The standard InChI is InChI=1S/C24H29N3O3/c1-2-7-22-26-24(30-27-22)11-6-10-23(29)25-20-15-12-18(13-16-20)14-17-21(28)19-8-4-3-5-9-19/h3-5,8-9,12-13,15-16,21,28H,2,6-7,10-11,14,17H2,1H3,(H,25,29). The minimum Gasteiger partial charge on any atom is -0.388 e. The normalized spacial score (nSPS) is 11.9. The summed E-state index contributed by atoms with van der Waals surface area (Å²) in [7, 11) is 0. The molecule has 158 valence electrons. The van der Waals surface area contributed by atoms with Crippen molar-refractivity contribution in [3.05, 3.63) is 77.4 Å². The summed E-state index contributed by atoms with van der Waals surface area (Å²) in [6.07, 6.45) is 4.42. The molecule has 0 aliphatic rings. The van der Waals surface area contributed by atoms with Crippen LogP contribution in [-0.4, -0.2) is 21.2 Å². The molecule has 1 aromatic heterocycles. The number of aromatic nitrogens is 2. The van der Waals surface area contributed by atoms with Crippen LogP contribution in [-0.2, 0) is 24.1 Å². The van der Waals surface area contributed by atoms with Crippen LogP contribution in [0.25, 0.3) is 0 Å². The van der Waals surface area contributed by atoms with Crippen molar-refractivity contribution in [2.75, 3.05) is 5.32 Å². The lowest BCUT2D eigenvalue weighted by atomic mass is 10.0. The van der Waals surface area contributed by atoms with Crippen molar-refractivity contribution in [3.63, 3.8) is 0 Å². The fraction of sp³-hybridized carbons (Fsp3) is 0.375. The van der Waals surface area contributed by atoms with E-state index in [9.17, 15) is 9.90 Å². The van der Waals surface area contributed by atoms with E-state index in [4.69, 9.17) is 4.52 Å². The van der Waals surface area contributed by atoms with Gasteiger partial charge in [0.1, 0.15) is 0 Å². The highest BCUT2D eigenvalue weighted by Gasteiger charge is 2.09. The van der Waals surface area contributed by atoms with Gasteiger partial charge in [0.15, 0.2) is 5.82 Å². The van der Waals surface area contributed by atoms with Crippen molar-refractivity contribution >= 4 is 11.6 Å². The summed E-state index contributed by atoms with van der Waals surface area (Å²) in [5.41, 5.74) is 2.83. The van der Waals surface area contributed by atoms with Crippen molar-refractivity contribution in [2.45, 2.75) is 58.0 Å². The largest absolute Gasteiger partial charge is 0.388 e. The summed E-state index contributed by atoms with van der Waals surface area (Å²) in [4.78, 5) is 16.5. The van der Waals surface area contributed by atoms with Gasteiger partial charge in [0.05, 0.1) is 6.10 Å². The summed E-state index contributed by atoms with van der Waals surface area (Å²) < 4.78 is 5.19. The highest BCUT2D eigenvalue weighted by molar-refractivity contribution is 5.90. The fourth-order valence-electron chi connectivity index (χ4n) is 3.24. The molecule has 30 heavy (non-hydrogen) atoms. The Kier molecular flexibility index (Phi) is 8.15. The first-order valence-electron chi connectivity index (χ1n) is 10.6. The third-order valence-corrected chi connectivity index (χ3v) is 4.91. The van der Waals surface area contributed by atoms with Gasteiger partial charge in [-0.2, -0.15) is 4.98 Å². The summed E-state index contributed by atoms with van der Waals surface area (Å²) in [6.45, 7) is 2.07. The zero-order valence-corrected chi connectivity index (χ0v) is 17.4. The van der Waals surface area contributed by atoms with Gasteiger partial charge < -0.3 is 14.9 Å². The Morgan fingerprint density at radius 2 is 1.83 bits per heavy atom. The number of benzene rings is 2. The lowest BCUT2D eigenvalue weighted by Gasteiger charge is -2.11. The molecule has 3 rings (SSSR count). The van der Waals surface area contributed by atoms with Crippen LogP contribution in [0.15, 0.2) is 59.1 Å². The topological polar surface area (TPSA) is 88.2 Å². The fourth-order valence-corrected chi connectivity index (χ4v) is 3.24. The van der Waals surface area contributed by atoms with Gasteiger partial charge >= 0.3 is 0 Å². The maximum absolute atomic E-state index is 12.2. The Bertz CT molecular complexity index is 907. The number of hydrogen-bond donors (Lipinski definition) is 2. The molecule has 0 aliphatic heterocycles. The number of carbonyl (C=O) groups excluding carboxylic acids is 1. The van der Waals surface area contributed by atoms with Crippen LogP contribution in [0, 0.1) is 0 Å². The SMILES string of the molecule is CCCc1noc(CCCC(=O)Nc2ccc(CCC(O)c3ccccc3)cc2)n1. The van der Waals surface area contributed by atoms with Gasteiger partial charge in [-0.15, -0.1) is 0 Å². The van der Waals surface area contributed by atoms with E-state index in [1.165, 1.54) is 0 Å². The van der Waals surface area contributed by atoms with E-state index in [1.54, 1.807) is 0 Å². The van der Waals surface area contributed by atoms with Gasteiger partial charge in [-0.25, -0.2) is 0 Å². The third-order valence-electron chi connectivity index (χ3n) is 4.91. The molecule has 0 bridgehead atoms. The summed E-state index contributed by atoms with van der Waals surface area (Å²) in [5, 5.41) is 17.1. The summed E-state index contributed by atoms with van der Waals surface area (Å²) in [5.74, 6) is 1.29. The molecule has 6 nitrogen and oxygen atoms in total. The Labute approximate surface area is 177 Å². The smallest absolute Gasteiger partial charge is 0.226 e. The van der Waals surface area contributed by atoms with Gasteiger partial charge in [0, 0.05) is 24.9 Å². The minimum atomic E-state index is -0.470. The molecule has 0 fully saturated rings. The maximum atomic E-state index is 12.2. The second-order valence-corrected chi connectivity index (χ2v) is 7.42. The third kappa shape index (κ3) is 6.81. The number of hydrogen-bond acceptors (Lipinski definition) is 5. The molecular formula is C24H29N3O3. The maximum Gasteiger partial charge on any atom is 0.226 e. The number of amides is 1. The number of nitrogens with zero attached hydrogens (tertiary/aromatic N) is 2. The first kappa shape index (κ1) is 21.7. The zero-order chi connectivity index (χ0) is 21.2. The van der Waals surface area contributed by atoms with E-state index in [-0.39, 0.29) is 5.91 Å². The van der Waals surface area contributed by atoms with Crippen LogP contribution in [0.1, 0.15) is 61.6 Å². The number of aryl methyl sites for hydroxylation is 3. The average Bonchev–Trinajstić information content (AvgIpc) is 3.21. The predicted molar refractivity (Wildman–Crippen MR) is 116 cm³/mol. The van der Waals surface area contributed by atoms with Crippen molar-refractivity contribution in [1.82, 2.24) is 10.1 Å². The Morgan fingerprint density at radius 1 is 1.07 bits per heavy atom. The van der Waals surface area contributed by atoms with Crippen LogP contribution >= 0.6 is 0 Å².